The molecule has 0 radical (unpaired) electrons. The summed E-state index contributed by atoms with van der Waals surface area (Å²) in [7, 11) is 0. The Kier molecular flexibility index (Phi) is 9.52. The molecule has 2 aromatic rings. The van der Waals surface area contributed by atoms with Gasteiger partial charge in [0.25, 0.3) is 0 Å². The average molecular weight is 619 g/mol. The van der Waals surface area contributed by atoms with Gasteiger partial charge >= 0.3 is 18.4 Å². The molecule has 0 spiro atoms. The zero-order chi connectivity index (χ0) is 31.5. The van der Waals surface area contributed by atoms with Gasteiger partial charge in [-0.15, -0.1) is 0 Å². The van der Waals surface area contributed by atoms with E-state index in [-0.39, 0.29) is 44.1 Å². The van der Waals surface area contributed by atoms with Crippen LogP contribution in [0.2, 0.25) is 0 Å². The van der Waals surface area contributed by atoms with E-state index < -0.39 is 71.6 Å². The largest absolute Gasteiger partial charge is 0.444 e. The van der Waals surface area contributed by atoms with Gasteiger partial charge < -0.3 is 20.3 Å². The van der Waals surface area contributed by atoms with Crippen molar-refractivity contribution in [2.45, 2.75) is 63.4 Å². The maximum absolute atomic E-state index is 14.4. The number of carbonyl (C=O) groups excluding carboxylic acids is 3. The minimum atomic E-state index is -5.08. The maximum Gasteiger partial charge on any atom is 0.416 e. The van der Waals surface area contributed by atoms with E-state index in [9.17, 15) is 45.1 Å². The standard InChI is InChI=1S/C28H29F7N4O4/c29-21-6-2-1-5-18(21)14-37-15-23-38(10-8-24(40)39(23)22(25(37)41)7-3-4-9-36)26(42)43-16-17-11-19(27(30,31)32)13-20(12-17)28(33,34)35/h1-2,5-6,11-13,22-23H,3-4,7-10,14-16,36H2/t22-,23+/m0/s1. The van der Waals surface area contributed by atoms with Crippen LogP contribution in [0.4, 0.5) is 35.5 Å². The fourth-order valence-electron chi connectivity index (χ4n) is 5.26. The van der Waals surface area contributed by atoms with Crippen LogP contribution in [0.3, 0.4) is 0 Å². The first-order chi connectivity index (χ1) is 20.2. The molecule has 2 aromatic carbocycles. The molecule has 8 nitrogen and oxygen atoms in total. The molecule has 0 aromatic heterocycles. The molecule has 43 heavy (non-hydrogen) atoms. The molecule has 234 valence electrons. The molecule has 0 saturated carbocycles. The van der Waals surface area contributed by atoms with E-state index in [1.54, 1.807) is 6.07 Å². The van der Waals surface area contributed by atoms with Crippen molar-refractivity contribution in [3.05, 3.63) is 70.5 Å². The van der Waals surface area contributed by atoms with Crippen LogP contribution < -0.4 is 5.73 Å². The van der Waals surface area contributed by atoms with Crippen molar-refractivity contribution in [2.75, 3.05) is 19.6 Å². The summed E-state index contributed by atoms with van der Waals surface area (Å²) in [4.78, 5) is 43.4. The summed E-state index contributed by atoms with van der Waals surface area (Å²) in [6.07, 6.45) is -11.3. The quantitative estimate of drug-likeness (QED) is 0.336. The van der Waals surface area contributed by atoms with Crippen molar-refractivity contribution in [1.29, 1.82) is 0 Å². The molecule has 4 rings (SSSR count). The molecule has 0 unspecified atom stereocenters. The van der Waals surface area contributed by atoms with E-state index in [0.717, 1.165) is 4.90 Å². The van der Waals surface area contributed by atoms with Gasteiger partial charge in [0.1, 0.15) is 24.6 Å². The molecular formula is C28H29F7N4O4. The average Bonchev–Trinajstić information content (AvgIpc) is 2.94. The lowest BCUT2D eigenvalue weighted by Gasteiger charge is -2.52. The molecule has 2 aliphatic heterocycles. The Balaban J connectivity index is 1.59. The normalized spacial score (nSPS) is 19.5. The Hall–Kier alpha value is -3.88. The molecule has 0 bridgehead atoms. The third-order valence-electron chi connectivity index (χ3n) is 7.35. The number of rotatable bonds is 8. The van der Waals surface area contributed by atoms with E-state index in [4.69, 9.17) is 10.5 Å². The minimum absolute atomic E-state index is 0.0343. The van der Waals surface area contributed by atoms with Crippen LogP contribution in [0.15, 0.2) is 42.5 Å². The number of halogens is 7. The van der Waals surface area contributed by atoms with Gasteiger partial charge in [-0.1, -0.05) is 18.2 Å². The number of benzene rings is 2. The second kappa shape index (κ2) is 12.8. The second-order valence-electron chi connectivity index (χ2n) is 10.3. The summed E-state index contributed by atoms with van der Waals surface area (Å²) in [6.45, 7) is -1.14. The third-order valence-corrected chi connectivity index (χ3v) is 7.35. The van der Waals surface area contributed by atoms with E-state index in [1.807, 2.05) is 0 Å². The van der Waals surface area contributed by atoms with Crippen molar-refractivity contribution in [1.82, 2.24) is 14.7 Å². The summed E-state index contributed by atoms with van der Waals surface area (Å²) < 4.78 is 99.2. The molecule has 15 heteroatoms. The number of amides is 3. The summed E-state index contributed by atoms with van der Waals surface area (Å²) in [6, 6.07) is 5.65. The smallest absolute Gasteiger partial charge is 0.416 e. The highest BCUT2D eigenvalue weighted by molar-refractivity contribution is 5.90. The minimum Gasteiger partial charge on any atom is -0.444 e. The lowest BCUT2D eigenvalue weighted by Crippen LogP contribution is -2.71. The van der Waals surface area contributed by atoms with Gasteiger partial charge in [-0.05, 0) is 55.6 Å². The number of nitrogens with zero attached hydrogens (tertiary/aromatic N) is 3. The highest BCUT2D eigenvalue weighted by Crippen LogP contribution is 2.37. The molecule has 2 aliphatic rings. The van der Waals surface area contributed by atoms with Crippen LogP contribution in [0.1, 0.15) is 47.9 Å². The van der Waals surface area contributed by atoms with Gasteiger partial charge in [0.2, 0.25) is 11.8 Å². The van der Waals surface area contributed by atoms with Gasteiger partial charge in [-0.3, -0.25) is 14.5 Å². The number of hydrogen-bond donors (Lipinski definition) is 1. The number of unbranched alkanes of at least 4 members (excludes halogenated alkanes) is 1. The summed E-state index contributed by atoms with van der Waals surface area (Å²) in [5, 5.41) is 0. The van der Waals surface area contributed by atoms with Gasteiger partial charge in [0.15, 0.2) is 0 Å². The summed E-state index contributed by atoms with van der Waals surface area (Å²) in [5.41, 5.74) is 2.13. The lowest BCUT2D eigenvalue weighted by atomic mass is 9.98. The number of hydrogen-bond acceptors (Lipinski definition) is 5. The van der Waals surface area contributed by atoms with Crippen LogP contribution in [-0.4, -0.2) is 64.4 Å². The van der Waals surface area contributed by atoms with Crippen molar-refractivity contribution >= 4 is 17.9 Å². The van der Waals surface area contributed by atoms with E-state index in [2.05, 4.69) is 0 Å². The first-order valence-corrected chi connectivity index (χ1v) is 13.5. The SMILES string of the molecule is NCCCC[C@H]1C(=O)N(Cc2ccccc2F)C[C@@H]2N(C(=O)OCc3cc(C(F)(F)F)cc(C(F)(F)F)c3)CCC(=O)N21. The van der Waals surface area contributed by atoms with Crippen LogP contribution in [0.25, 0.3) is 0 Å². The number of carbonyl (C=O) groups is 3. The van der Waals surface area contributed by atoms with Gasteiger partial charge in [0.05, 0.1) is 17.7 Å². The molecule has 2 N–H and O–H groups in total. The van der Waals surface area contributed by atoms with Gasteiger partial charge in [-0.25, -0.2) is 9.18 Å². The van der Waals surface area contributed by atoms with Crippen LogP contribution in [-0.2, 0) is 39.8 Å². The van der Waals surface area contributed by atoms with Crippen LogP contribution in [0.5, 0.6) is 0 Å². The monoisotopic (exact) mass is 618 g/mol. The Morgan fingerprint density at radius 2 is 1.63 bits per heavy atom. The van der Waals surface area contributed by atoms with E-state index in [0.29, 0.717) is 31.5 Å². The Bertz CT molecular complexity index is 1320. The Morgan fingerprint density at radius 1 is 0.977 bits per heavy atom. The fourth-order valence-corrected chi connectivity index (χ4v) is 5.26. The van der Waals surface area contributed by atoms with Crippen molar-refractivity contribution < 1.29 is 49.9 Å². The zero-order valence-corrected chi connectivity index (χ0v) is 22.8. The summed E-state index contributed by atoms with van der Waals surface area (Å²) in [5.74, 6) is -1.44. The molecule has 0 aliphatic carbocycles. The molecule has 2 atom stereocenters. The topological polar surface area (TPSA) is 96.2 Å². The van der Waals surface area contributed by atoms with Crippen LogP contribution in [0, 0.1) is 5.82 Å². The molecule has 2 heterocycles. The first kappa shape index (κ1) is 32.0. The van der Waals surface area contributed by atoms with Crippen molar-refractivity contribution in [3.63, 3.8) is 0 Å². The van der Waals surface area contributed by atoms with E-state index >= 15 is 0 Å². The Morgan fingerprint density at radius 3 is 2.23 bits per heavy atom. The number of alkyl halides is 6. The number of ether oxygens (including phenoxy) is 1. The predicted molar refractivity (Wildman–Crippen MR) is 137 cm³/mol. The predicted octanol–water partition coefficient (Wildman–Crippen LogP) is 4.90. The maximum atomic E-state index is 14.4. The van der Waals surface area contributed by atoms with Gasteiger partial charge in [0, 0.05) is 25.1 Å². The highest BCUT2D eigenvalue weighted by Gasteiger charge is 2.49. The number of nitrogens with two attached hydrogens (primary N) is 1. The highest BCUT2D eigenvalue weighted by atomic mass is 19.4. The zero-order valence-electron chi connectivity index (χ0n) is 22.8. The van der Waals surface area contributed by atoms with E-state index in [1.165, 1.54) is 28.0 Å². The number of piperazine rings is 1. The third kappa shape index (κ3) is 7.37. The molecule has 2 saturated heterocycles. The molecular weight excluding hydrogens is 589 g/mol. The van der Waals surface area contributed by atoms with Crippen LogP contribution >= 0.6 is 0 Å². The second-order valence-corrected chi connectivity index (χ2v) is 10.3. The number of fused-ring (bicyclic) bond motifs is 1. The lowest BCUT2D eigenvalue weighted by molar-refractivity contribution is -0.169. The fraction of sp³-hybridized carbons (Fsp3) is 0.464. The summed E-state index contributed by atoms with van der Waals surface area (Å²) >= 11 is 0. The van der Waals surface area contributed by atoms with Crippen molar-refractivity contribution in [3.8, 4) is 0 Å². The Labute approximate surface area is 242 Å². The van der Waals surface area contributed by atoms with Crippen molar-refractivity contribution in [2.24, 2.45) is 5.73 Å². The molecule has 3 amide bonds. The molecule has 2 fully saturated rings. The first-order valence-electron chi connectivity index (χ1n) is 13.5. The van der Waals surface area contributed by atoms with Gasteiger partial charge in [-0.2, -0.15) is 26.3 Å².